The lowest BCUT2D eigenvalue weighted by Gasteiger charge is -2.11. The van der Waals surface area contributed by atoms with Crippen molar-refractivity contribution in [2.75, 3.05) is 7.11 Å². The maximum atomic E-state index is 11.6. The average molecular weight is 250 g/mol. The molecule has 0 aliphatic rings. The third-order valence-electron chi connectivity index (χ3n) is 2.75. The Labute approximate surface area is 109 Å². The predicted octanol–water partition coefficient (Wildman–Crippen LogP) is 1.75. The van der Waals surface area contributed by atoms with E-state index in [0.29, 0.717) is 19.4 Å². The molecule has 0 bridgehead atoms. The summed E-state index contributed by atoms with van der Waals surface area (Å²) in [6.45, 7) is 4.39. The summed E-state index contributed by atoms with van der Waals surface area (Å²) in [4.78, 5) is 11.6. The van der Waals surface area contributed by atoms with Crippen LogP contribution in [-0.2, 0) is 11.3 Å². The first-order chi connectivity index (χ1) is 8.52. The van der Waals surface area contributed by atoms with Crippen molar-refractivity contribution in [3.63, 3.8) is 0 Å². The molecule has 0 aliphatic heterocycles. The molecule has 0 radical (unpaired) electrons. The molecule has 0 aliphatic carbocycles. The van der Waals surface area contributed by atoms with E-state index in [1.54, 1.807) is 7.11 Å². The standard InChI is InChI=1S/C14H22N2O2/c1-10-4-6-12(13(8-10)18-3)9-16-14(17)7-5-11(2)15/h4,6,8,11H,5,7,9,15H2,1-3H3,(H,16,17). The number of hydrogen-bond donors (Lipinski definition) is 2. The van der Waals surface area contributed by atoms with E-state index in [1.807, 2.05) is 32.0 Å². The van der Waals surface area contributed by atoms with Gasteiger partial charge in [-0.1, -0.05) is 12.1 Å². The molecule has 0 saturated heterocycles. The number of aryl methyl sites for hydroxylation is 1. The topological polar surface area (TPSA) is 64.3 Å². The molecule has 18 heavy (non-hydrogen) atoms. The SMILES string of the molecule is COc1cc(C)ccc1CNC(=O)CCC(C)N. The van der Waals surface area contributed by atoms with Gasteiger partial charge in [0.25, 0.3) is 0 Å². The van der Waals surface area contributed by atoms with E-state index in [1.165, 1.54) is 0 Å². The minimum atomic E-state index is 0.0231. The van der Waals surface area contributed by atoms with E-state index < -0.39 is 0 Å². The minimum Gasteiger partial charge on any atom is -0.496 e. The highest BCUT2D eigenvalue weighted by Gasteiger charge is 2.06. The highest BCUT2D eigenvalue weighted by Crippen LogP contribution is 2.19. The van der Waals surface area contributed by atoms with Crippen LogP contribution in [0.3, 0.4) is 0 Å². The number of carbonyl (C=O) groups is 1. The normalized spacial score (nSPS) is 12.0. The number of carbonyl (C=O) groups excluding carboxylic acids is 1. The fourth-order valence-corrected chi connectivity index (χ4v) is 1.64. The molecule has 100 valence electrons. The van der Waals surface area contributed by atoms with Gasteiger partial charge in [-0.3, -0.25) is 4.79 Å². The quantitative estimate of drug-likeness (QED) is 0.808. The van der Waals surface area contributed by atoms with Gasteiger partial charge in [0.05, 0.1) is 7.11 Å². The third-order valence-corrected chi connectivity index (χ3v) is 2.75. The van der Waals surface area contributed by atoms with Crippen LogP contribution < -0.4 is 15.8 Å². The molecule has 0 aromatic heterocycles. The van der Waals surface area contributed by atoms with Crippen molar-refractivity contribution in [3.05, 3.63) is 29.3 Å². The number of methoxy groups -OCH3 is 1. The summed E-state index contributed by atoms with van der Waals surface area (Å²) >= 11 is 0. The first-order valence-corrected chi connectivity index (χ1v) is 6.18. The van der Waals surface area contributed by atoms with Crippen LogP contribution in [-0.4, -0.2) is 19.1 Å². The Kier molecular flexibility index (Phi) is 5.65. The van der Waals surface area contributed by atoms with Crippen LogP contribution in [0, 0.1) is 6.92 Å². The minimum absolute atomic E-state index is 0.0231. The van der Waals surface area contributed by atoms with Crippen LogP contribution >= 0.6 is 0 Å². The van der Waals surface area contributed by atoms with Gasteiger partial charge in [0.1, 0.15) is 5.75 Å². The van der Waals surface area contributed by atoms with Crippen LogP contribution in [0.15, 0.2) is 18.2 Å². The largest absolute Gasteiger partial charge is 0.496 e. The maximum Gasteiger partial charge on any atom is 0.220 e. The van der Waals surface area contributed by atoms with Crippen LogP contribution in [0.4, 0.5) is 0 Å². The van der Waals surface area contributed by atoms with Crippen LogP contribution in [0.1, 0.15) is 30.9 Å². The van der Waals surface area contributed by atoms with Crippen LogP contribution in [0.25, 0.3) is 0 Å². The Morgan fingerprint density at radius 2 is 2.22 bits per heavy atom. The van der Waals surface area contributed by atoms with Gasteiger partial charge < -0.3 is 15.8 Å². The van der Waals surface area contributed by atoms with Gasteiger partial charge >= 0.3 is 0 Å². The summed E-state index contributed by atoms with van der Waals surface area (Å²) in [5, 5.41) is 2.87. The van der Waals surface area contributed by atoms with Gasteiger partial charge in [-0.15, -0.1) is 0 Å². The summed E-state index contributed by atoms with van der Waals surface area (Å²) in [5.74, 6) is 0.831. The molecule has 4 heteroatoms. The lowest BCUT2D eigenvalue weighted by atomic mass is 10.1. The molecule has 1 unspecified atom stereocenters. The van der Waals surface area contributed by atoms with Gasteiger partial charge in [0.2, 0.25) is 5.91 Å². The van der Waals surface area contributed by atoms with Gasteiger partial charge in [-0.25, -0.2) is 0 Å². The summed E-state index contributed by atoms with van der Waals surface area (Å²) in [6, 6.07) is 6.00. The monoisotopic (exact) mass is 250 g/mol. The average Bonchev–Trinajstić information content (AvgIpc) is 2.34. The second-order valence-electron chi connectivity index (χ2n) is 4.61. The molecule has 1 aromatic rings. The molecule has 4 nitrogen and oxygen atoms in total. The smallest absolute Gasteiger partial charge is 0.220 e. The zero-order chi connectivity index (χ0) is 13.5. The molecule has 0 saturated carbocycles. The second-order valence-corrected chi connectivity index (χ2v) is 4.61. The highest BCUT2D eigenvalue weighted by molar-refractivity contribution is 5.75. The van der Waals surface area contributed by atoms with Crippen molar-refractivity contribution in [1.29, 1.82) is 0 Å². The fourth-order valence-electron chi connectivity index (χ4n) is 1.64. The Bertz CT molecular complexity index is 403. The molecule has 0 spiro atoms. The lowest BCUT2D eigenvalue weighted by molar-refractivity contribution is -0.121. The van der Waals surface area contributed by atoms with Crippen molar-refractivity contribution in [2.45, 2.75) is 39.3 Å². The molecule has 0 heterocycles. The first-order valence-electron chi connectivity index (χ1n) is 6.18. The number of rotatable bonds is 6. The van der Waals surface area contributed by atoms with Crippen LogP contribution in [0.5, 0.6) is 5.75 Å². The van der Waals surface area contributed by atoms with Crippen molar-refractivity contribution < 1.29 is 9.53 Å². The maximum absolute atomic E-state index is 11.6. The summed E-state index contributed by atoms with van der Waals surface area (Å²) in [5.41, 5.74) is 7.73. The molecule has 3 N–H and O–H groups in total. The number of ether oxygens (including phenoxy) is 1. The Morgan fingerprint density at radius 1 is 1.50 bits per heavy atom. The fraction of sp³-hybridized carbons (Fsp3) is 0.500. The summed E-state index contributed by atoms with van der Waals surface area (Å²) in [7, 11) is 1.64. The van der Waals surface area contributed by atoms with Crippen LogP contribution in [0.2, 0.25) is 0 Å². The van der Waals surface area contributed by atoms with Crippen molar-refractivity contribution in [2.24, 2.45) is 5.73 Å². The number of amides is 1. The first kappa shape index (κ1) is 14.5. The van der Waals surface area contributed by atoms with E-state index in [9.17, 15) is 4.79 Å². The molecule has 0 fully saturated rings. The highest BCUT2D eigenvalue weighted by atomic mass is 16.5. The van der Waals surface area contributed by atoms with E-state index in [-0.39, 0.29) is 11.9 Å². The number of benzene rings is 1. The zero-order valence-electron chi connectivity index (χ0n) is 11.3. The van der Waals surface area contributed by atoms with Crippen molar-refractivity contribution >= 4 is 5.91 Å². The Balaban J connectivity index is 2.50. The third kappa shape index (κ3) is 4.75. The molecular weight excluding hydrogens is 228 g/mol. The van der Waals surface area contributed by atoms with Gasteiger partial charge in [0, 0.05) is 24.6 Å². The van der Waals surface area contributed by atoms with Crippen molar-refractivity contribution in [3.8, 4) is 5.75 Å². The van der Waals surface area contributed by atoms with Gasteiger partial charge in [-0.2, -0.15) is 0 Å². The Morgan fingerprint density at radius 3 is 2.83 bits per heavy atom. The molecule has 1 amide bonds. The summed E-state index contributed by atoms with van der Waals surface area (Å²) in [6.07, 6.45) is 1.17. The lowest BCUT2D eigenvalue weighted by Crippen LogP contribution is -2.25. The predicted molar refractivity (Wildman–Crippen MR) is 72.5 cm³/mol. The molecule has 1 atom stereocenters. The Hall–Kier alpha value is -1.55. The van der Waals surface area contributed by atoms with E-state index in [2.05, 4.69) is 5.32 Å². The zero-order valence-corrected chi connectivity index (χ0v) is 11.3. The van der Waals surface area contributed by atoms with Crippen molar-refractivity contribution in [1.82, 2.24) is 5.32 Å². The number of nitrogens with two attached hydrogens (primary N) is 1. The summed E-state index contributed by atoms with van der Waals surface area (Å²) < 4.78 is 5.29. The molecule has 1 aromatic carbocycles. The van der Waals surface area contributed by atoms with E-state index in [4.69, 9.17) is 10.5 Å². The second kappa shape index (κ2) is 7.01. The number of nitrogens with one attached hydrogen (secondary N) is 1. The molecule has 1 rings (SSSR count). The number of hydrogen-bond acceptors (Lipinski definition) is 3. The van der Waals surface area contributed by atoms with Gasteiger partial charge in [0.15, 0.2) is 0 Å². The van der Waals surface area contributed by atoms with E-state index >= 15 is 0 Å². The van der Waals surface area contributed by atoms with Gasteiger partial charge in [-0.05, 0) is 31.9 Å². The molecular formula is C14H22N2O2. The van der Waals surface area contributed by atoms with E-state index in [0.717, 1.165) is 16.9 Å².